The second kappa shape index (κ2) is 3.58. The van der Waals surface area contributed by atoms with E-state index in [1.807, 2.05) is 13.0 Å². The number of hydrogen-bond acceptors (Lipinski definition) is 4. The minimum absolute atomic E-state index is 0.520. The summed E-state index contributed by atoms with van der Waals surface area (Å²) in [6.07, 6.45) is 0. The maximum absolute atomic E-state index is 9.00. The molecule has 2 aromatic rings. The molecule has 2 nitrogen and oxygen atoms in total. The number of thiophene rings is 1. The number of thiol groups is 1. The van der Waals surface area contributed by atoms with Crippen molar-refractivity contribution < 1.29 is 10.0 Å². The monoisotopic (exact) mass is 224 g/mol. The average Bonchev–Trinajstić information content (AvgIpc) is 2.42. The lowest BCUT2D eigenvalue weighted by Gasteiger charge is -1.98. The van der Waals surface area contributed by atoms with E-state index in [9.17, 15) is 0 Å². The highest BCUT2D eigenvalue weighted by atomic mass is 32.1. The van der Waals surface area contributed by atoms with Crippen LogP contribution in [0.25, 0.3) is 10.1 Å². The Morgan fingerprint density at radius 3 is 2.71 bits per heavy atom. The SMILES string of the molecule is Cc1sc2cc(B(O)O)ccc2c1S. The molecule has 0 spiro atoms. The minimum Gasteiger partial charge on any atom is -0.423 e. The molecule has 5 heteroatoms. The Kier molecular flexibility index (Phi) is 2.57. The summed E-state index contributed by atoms with van der Waals surface area (Å²) < 4.78 is 1.04. The lowest BCUT2D eigenvalue weighted by Crippen LogP contribution is -2.29. The Hall–Kier alpha value is -0.485. The number of rotatable bonds is 1. The van der Waals surface area contributed by atoms with E-state index >= 15 is 0 Å². The topological polar surface area (TPSA) is 40.5 Å². The van der Waals surface area contributed by atoms with E-state index in [0.717, 1.165) is 19.9 Å². The van der Waals surface area contributed by atoms with Crippen LogP contribution in [0.5, 0.6) is 0 Å². The molecule has 72 valence electrons. The summed E-state index contributed by atoms with van der Waals surface area (Å²) in [5.74, 6) is 0. The molecule has 2 rings (SSSR count). The predicted molar refractivity (Wildman–Crippen MR) is 63.6 cm³/mol. The third kappa shape index (κ3) is 1.57. The van der Waals surface area contributed by atoms with Crippen LogP contribution >= 0.6 is 24.0 Å². The van der Waals surface area contributed by atoms with Gasteiger partial charge in [0.05, 0.1) is 0 Å². The van der Waals surface area contributed by atoms with Gasteiger partial charge in [0.1, 0.15) is 0 Å². The van der Waals surface area contributed by atoms with E-state index in [1.54, 1.807) is 23.5 Å². The third-order valence-electron chi connectivity index (χ3n) is 2.16. The van der Waals surface area contributed by atoms with Crippen LogP contribution in [0.4, 0.5) is 0 Å². The van der Waals surface area contributed by atoms with Crippen LogP contribution < -0.4 is 5.46 Å². The van der Waals surface area contributed by atoms with Gasteiger partial charge < -0.3 is 10.0 Å². The summed E-state index contributed by atoms with van der Waals surface area (Å²) in [4.78, 5) is 2.12. The van der Waals surface area contributed by atoms with E-state index in [-0.39, 0.29) is 0 Å². The van der Waals surface area contributed by atoms with Crippen molar-refractivity contribution in [2.24, 2.45) is 0 Å². The first-order valence-corrected chi connectivity index (χ1v) is 5.44. The summed E-state index contributed by atoms with van der Waals surface area (Å²) in [5, 5.41) is 19.1. The van der Waals surface area contributed by atoms with Gasteiger partial charge in [0.25, 0.3) is 0 Å². The fraction of sp³-hybridized carbons (Fsp3) is 0.111. The minimum atomic E-state index is -1.40. The van der Waals surface area contributed by atoms with Gasteiger partial charge in [-0.1, -0.05) is 12.1 Å². The fourth-order valence-corrected chi connectivity index (χ4v) is 2.80. The zero-order valence-electron chi connectivity index (χ0n) is 7.56. The quantitative estimate of drug-likeness (QED) is 0.502. The van der Waals surface area contributed by atoms with Crippen molar-refractivity contribution in [3.8, 4) is 0 Å². The van der Waals surface area contributed by atoms with Crippen molar-refractivity contribution in [2.75, 3.05) is 0 Å². The standard InChI is InChI=1S/C9H9BO2S2/c1-5-9(13)7-3-2-6(10(11)12)4-8(7)14-5/h2-4,11-13H,1H3. The Morgan fingerprint density at radius 1 is 1.36 bits per heavy atom. The Morgan fingerprint density at radius 2 is 2.07 bits per heavy atom. The molecule has 1 aromatic carbocycles. The zero-order valence-corrected chi connectivity index (χ0v) is 9.27. The lowest BCUT2D eigenvalue weighted by atomic mass is 9.80. The van der Waals surface area contributed by atoms with Gasteiger partial charge in [-0.3, -0.25) is 0 Å². The van der Waals surface area contributed by atoms with Gasteiger partial charge in [-0.05, 0) is 18.5 Å². The molecular formula is C9H9BO2S2. The van der Waals surface area contributed by atoms with Gasteiger partial charge in [0.15, 0.2) is 0 Å². The van der Waals surface area contributed by atoms with Crippen LogP contribution in [0.3, 0.4) is 0 Å². The zero-order chi connectivity index (χ0) is 10.3. The summed E-state index contributed by atoms with van der Waals surface area (Å²) in [6, 6.07) is 5.37. The molecular weight excluding hydrogens is 215 g/mol. The molecule has 0 atom stereocenters. The second-order valence-corrected chi connectivity index (χ2v) is 4.84. The smallest absolute Gasteiger partial charge is 0.423 e. The summed E-state index contributed by atoms with van der Waals surface area (Å²) in [5.41, 5.74) is 0.520. The molecule has 0 unspecified atom stereocenters. The van der Waals surface area contributed by atoms with Gasteiger partial charge in [-0.15, -0.1) is 24.0 Å². The van der Waals surface area contributed by atoms with Crippen molar-refractivity contribution in [3.05, 3.63) is 23.1 Å². The molecule has 0 saturated carbocycles. The van der Waals surface area contributed by atoms with E-state index in [4.69, 9.17) is 10.0 Å². The summed E-state index contributed by atoms with van der Waals surface area (Å²) in [6.45, 7) is 2.00. The number of fused-ring (bicyclic) bond motifs is 1. The molecule has 0 bridgehead atoms. The van der Waals surface area contributed by atoms with Crippen molar-refractivity contribution in [2.45, 2.75) is 11.8 Å². The van der Waals surface area contributed by atoms with E-state index in [1.165, 1.54) is 0 Å². The Balaban J connectivity index is 2.67. The molecule has 0 aliphatic carbocycles. The Bertz CT molecular complexity index is 479. The first-order valence-electron chi connectivity index (χ1n) is 4.17. The molecule has 0 aliphatic heterocycles. The van der Waals surface area contributed by atoms with Crippen LogP contribution in [0.2, 0.25) is 0 Å². The van der Waals surface area contributed by atoms with E-state index in [2.05, 4.69) is 12.6 Å². The molecule has 1 heterocycles. The largest absolute Gasteiger partial charge is 0.488 e. The van der Waals surface area contributed by atoms with E-state index < -0.39 is 7.12 Å². The molecule has 2 N–H and O–H groups in total. The van der Waals surface area contributed by atoms with Gasteiger partial charge in [0.2, 0.25) is 0 Å². The molecule has 0 saturated heterocycles. The van der Waals surface area contributed by atoms with Gasteiger partial charge in [-0.2, -0.15) is 0 Å². The van der Waals surface area contributed by atoms with Gasteiger partial charge >= 0.3 is 7.12 Å². The van der Waals surface area contributed by atoms with Crippen LogP contribution in [0.15, 0.2) is 23.1 Å². The molecule has 0 amide bonds. The van der Waals surface area contributed by atoms with Gasteiger partial charge in [-0.25, -0.2) is 0 Å². The van der Waals surface area contributed by atoms with E-state index in [0.29, 0.717) is 5.46 Å². The lowest BCUT2D eigenvalue weighted by molar-refractivity contribution is 0.426. The van der Waals surface area contributed by atoms with Crippen molar-refractivity contribution in [3.63, 3.8) is 0 Å². The predicted octanol–water partition coefficient (Wildman–Crippen LogP) is 1.18. The molecule has 0 fully saturated rings. The van der Waals surface area contributed by atoms with Crippen LogP contribution in [-0.4, -0.2) is 17.2 Å². The number of hydrogen-bond donors (Lipinski definition) is 3. The fourth-order valence-electron chi connectivity index (χ4n) is 1.38. The van der Waals surface area contributed by atoms with Crippen molar-refractivity contribution in [1.82, 2.24) is 0 Å². The highest BCUT2D eigenvalue weighted by molar-refractivity contribution is 7.80. The van der Waals surface area contributed by atoms with Crippen LogP contribution in [-0.2, 0) is 0 Å². The molecule has 0 aliphatic rings. The maximum atomic E-state index is 9.00. The first-order chi connectivity index (χ1) is 6.59. The number of benzene rings is 1. The maximum Gasteiger partial charge on any atom is 0.488 e. The second-order valence-electron chi connectivity index (χ2n) is 3.14. The van der Waals surface area contributed by atoms with Crippen LogP contribution in [0.1, 0.15) is 4.88 Å². The normalized spacial score (nSPS) is 10.9. The third-order valence-corrected chi connectivity index (χ3v) is 3.95. The van der Waals surface area contributed by atoms with Gasteiger partial charge in [0, 0.05) is 19.9 Å². The summed E-state index contributed by atoms with van der Waals surface area (Å²) in [7, 11) is -1.40. The Labute approximate surface area is 91.8 Å². The molecule has 14 heavy (non-hydrogen) atoms. The molecule has 0 radical (unpaired) electrons. The van der Waals surface area contributed by atoms with Crippen molar-refractivity contribution in [1.29, 1.82) is 0 Å². The van der Waals surface area contributed by atoms with Crippen LogP contribution in [0, 0.1) is 6.92 Å². The summed E-state index contributed by atoms with van der Waals surface area (Å²) >= 11 is 6.00. The molecule has 1 aromatic heterocycles. The highest BCUT2D eigenvalue weighted by Crippen LogP contribution is 2.32. The first kappa shape index (κ1) is 10.0. The number of aryl methyl sites for hydroxylation is 1. The van der Waals surface area contributed by atoms with Crippen molar-refractivity contribution >= 4 is 46.6 Å². The average molecular weight is 224 g/mol. The highest BCUT2D eigenvalue weighted by Gasteiger charge is 2.13.